The zero-order chi connectivity index (χ0) is 21.8. The summed E-state index contributed by atoms with van der Waals surface area (Å²) >= 11 is 1.74. The molecule has 6 rings (SSSR count). The topological polar surface area (TPSA) is 70.7 Å². The maximum Gasteiger partial charge on any atom is 0.181 e. The molecule has 1 aliphatic carbocycles. The van der Waals surface area contributed by atoms with Crippen LogP contribution in [0.2, 0.25) is 0 Å². The van der Waals surface area contributed by atoms with E-state index in [9.17, 15) is 0 Å². The summed E-state index contributed by atoms with van der Waals surface area (Å²) in [6.07, 6.45) is 9.58. The van der Waals surface area contributed by atoms with Gasteiger partial charge in [0.2, 0.25) is 0 Å². The summed E-state index contributed by atoms with van der Waals surface area (Å²) in [4.78, 5) is 11.9. The van der Waals surface area contributed by atoms with Gasteiger partial charge < -0.3 is 4.74 Å². The van der Waals surface area contributed by atoms with Crippen LogP contribution >= 0.6 is 11.3 Å². The van der Waals surface area contributed by atoms with E-state index < -0.39 is 0 Å². The molecule has 1 aliphatic rings. The van der Waals surface area contributed by atoms with Gasteiger partial charge in [0, 0.05) is 66.6 Å². The first kappa shape index (κ1) is 19.6. The van der Waals surface area contributed by atoms with Crippen LogP contribution in [-0.4, -0.2) is 36.6 Å². The first-order valence-electron chi connectivity index (χ1n) is 10.9. The van der Waals surface area contributed by atoms with E-state index in [2.05, 4.69) is 39.4 Å². The quantitative estimate of drug-likeness (QED) is 0.376. The standard InChI is InChI=1S/C24H24N6OS/c1-29-13-16-9-15(12-25-23(16)28-29)19-10-17(20-7-8-26-30(20)2)18-11-21(32-24(18)27-19)22(31-3)14-5-4-6-14/h7-14,22H,4-6H2,1-3H3/t22-/m0/s1. The Kier molecular flexibility index (Phi) is 4.58. The molecular formula is C24H24N6OS. The van der Waals surface area contributed by atoms with Gasteiger partial charge >= 0.3 is 0 Å². The predicted octanol–water partition coefficient (Wildman–Crippen LogP) is 5.13. The molecule has 5 aromatic rings. The number of fused-ring (bicyclic) bond motifs is 2. The van der Waals surface area contributed by atoms with E-state index in [1.54, 1.807) is 16.0 Å². The zero-order valence-electron chi connectivity index (χ0n) is 18.3. The maximum atomic E-state index is 5.94. The molecule has 1 fully saturated rings. The summed E-state index contributed by atoms with van der Waals surface area (Å²) in [5, 5.41) is 10.9. The van der Waals surface area contributed by atoms with Gasteiger partial charge in [0.1, 0.15) is 4.83 Å². The zero-order valence-corrected chi connectivity index (χ0v) is 19.1. The summed E-state index contributed by atoms with van der Waals surface area (Å²) in [6.45, 7) is 0. The number of rotatable bonds is 5. The van der Waals surface area contributed by atoms with Crippen molar-refractivity contribution in [3.05, 3.63) is 47.7 Å². The van der Waals surface area contributed by atoms with Crippen molar-refractivity contribution in [1.29, 1.82) is 0 Å². The Balaban J connectivity index is 1.55. The predicted molar refractivity (Wildman–Crippen MR) is 126 cm³/mol. The Bertz CT molecular complexity index is 1440. The van der Waals surface area contributed by atoms with Gasteiger partial charge in [0.25, 0.3) is 0 Å². The van der Waals surface area contributed by atoms with E-state index in [4.69, 9.17) is 9.72 Å². The molecule has 0 unspecified atom stereocenters. The molecule has 5 heterocycles. The van der Waals surface area contributed by atoms with Gasteiger partial charge in [-0.25, -0.2) is 9.97 Å². The van der Waals surface area contributed by atoms with Gasteiger partial charge in [0.05, 0.1) is 17.5 Å². The second-order valence-electron chi connectivity index (χ2n) is 8.55. The van der Waals surface area contributed by atoms with Crippen LogP contribution in [0.5, 0.6) is 0 Å². The molecule has 0 spiro atoms. The SMILES string of the molecule is CO[C@H](c1cc2c(-c3ccnn3C)cc(-c3cnc4nn(C)cc4c3)nc2s1)C1CCC1. The van der Waals surface area contributed by atoms with Crippen LogP contribution < -0.4 is 0 Å². The van der Waals surface area contributed by atoms with Crippen molar-refractivity contribution < 1.29 is 4.74 Å². The fourth-order valence-electron chi connectivity index (χ4n) is 4.63. The van der Waals surface area contributed by atoms with Crippen molar-refractivity contribution in [3.8, 4) is 22.5 Å². The highest BCUT2D eigenvalue weighted by Gasteiger charge is 2.30. The van der Waals surface area contributed by atoms with E-state index in [0.717, 1.165) is 43.8 Å². The van der Waals surface area contributed by atoms with Crippen LogP contribution in [0.4, 0.5) is 0 Å². The summed E-state index contributed by atoms with van der Waals surface area (Å²) in [6, 6.07) is 8.59. The van der Waals surface area contributed by atoms with E-state index >= 15 is 0 Å². The van der Waals surface area contributed by atoms with Crippen molar-refractivity contribution in [2.24, 2.45) is 20.0 Å². The van der Waals surface area contributed by atoms with Crippen LogP contribution in [0.15, 0.2) is 42.9 Å². The summed E-state index contributed by atoms with van der Waals surface area (Å²) in [5.41, 5.74) is 4.82. The lowest BCUT2D eigenvalue weighted by atomic mass is 9.80. The first-order valence-corrected chi connectivity index (χ1v) is 11.7. The smallest absolute Gasteiger partial charge is 0.181 e. The fourth-order valence-corrected chi connectivity index (χ4v) is 5.85. The highest BCUT2D eigenvalue weighted by molar-refractivity contribution is 7.18. The van der Waals surface area contributed by atoms with E-state index in [-0.39, 0.29) is 6.10 Å². The maximum absolute atomic E-state index is 5.94. The summed E-state index contributed by atoms with van der Waals surface area (Å²) in [5.74, 6) is 0.602. The number of aromatic nitrogens is 6. The largest absolute Gasteiger partial charge is 0.376 e. The third kappa shape index (κ3) is 3.13. The molecule has 162 valence electrons. The Hall–Kier alpha value is -3.10. The van der Waals surface area contributed by atoms with Gasteiger partial charge in [0.15, 0.2) is 5.65 Å². The summed E-state index contributed by atoms with van der Waals surface area (Å²) in [7, 11) is 5.71. The second kappa shape index (κ2) is 7.50. The van der Waals surface area contributed by atoms with Gasteiger partial charge in [-0.3, -0.25) is 9.36 Å². The average molecular weight is 445 g/mol. The minimum absolute atomic E-state index is 0.138. The molecule has 0 N–H and O–H groups in total. The van der Waals surface area contributed by atoms with Gasteiger partial charge in [-0.2, -0.15) is 10.2 Å². The number of ether oxygens (including phenoxy) is 1. The molecular weight excluding hydrogens is 420 g/mol. The number of methoxy groups -OCH3 is 1. The van der Waals surface area contributed by atoms with Crippen molar-refractivity contribution >= 4 is 32.6 Å². The van der Waals surface area contributed by atoms with Crippen molar-refractivity contribution in [2.45, 2.75) is 25.4 Å². The molecule has 0 aliphatic heterocycles. The molecule has 0 amide bonds. The molecule has 0 aromatic carbocycles. The Morgan fingerprint density at radius 2 is 2.06 bits per heavy atom. The molecule has 0 radical (unpaired) electrons. The van der Waals surface area contributed by atoms with Crippen molar-refractivity contribution in [1.82, 2.24) is 29.5 Å². The van der Waals surface area contributed by atoms with Crippen molar-refractivity contribution in [3.63, 3.8) is 0 Å². The van der Waals surface area contributed by atoms with Crippen LogP contribution in [0.25, 0.3) is 43.8 Å². The normalized spacial score (nSPS) is 15.5. The lowest BCUT2D eigenvalue weighted by Gasteiger charge is -2.32. The lowest BCUT2D eigenvalue weighted by Crippen LogP contribution is -2.20. The molecule has 7 nitrogen and oxygen atoms in total. The monoisotopic (exact) mass is 444 g/mol. The molecule has 8 heteroatoms. The molecule has 32 heavy (non-hydrogen) atoms. The number of hydrogen-bond acceptors (Lipinski definition) is 6. The fraction of sp³-hybridized carbons (Fsp3) is 0.333. The molecule has 1 atom stereocenters. The number of thiophene rings is 1. The Morgan fingerprint density at radius 1 is 1.19 bits per heavy atom. The van der Waals surface area contributed by atoms with Crippen LogP contribution in [0.3, 0.4) is 0 Å². The number of aryl methyl sites for hydroxylation is 2. The van der Waals surface area contributed by atoms with Crippen molar-refractivity contribution in [2.75, 3.05) is 7.11 Å². The highest BCUT2D eigenvalue weighted by Crippen LogP contribution is 2.45. The lowest BCUT2D eigenvalue weighted by molar-refractivity contribution is 0.0205. The third-order valence-electron chi connectivity index (χ3n) is 6.50. The minimum Gasteiger partial charge on any atom is -0.376 e. The Labute approximate surface area is 189 Å². The molecule has 0 bridgehead atoms. The third-order valence-corrected chi connectivity index (χ3v) is 7.59. The summed E-state index contributed by atoms with van der Waals surface area (Å²) < 4.78 is 9.64. The molecule has 0 saturated heterocycles. The average Bonchev–Trinajstić information content (AvgIpc) is 3.45. The van der Waals surface area contributed by atoms with E-state index in [0.29, 0.717) is 5.92 Å². The van der Waals surface area contributed by atoms with E-state index in [1.165, 1.54) is 24.1 Å². The second-order valence-corrected chi connectivity index (χ2v) is 9.61. The van der Waals surface area contributed by atoms with Crippen LogP contribution in [0, 0.1) is 5.92 Å². The number of hydrogen-bond donors (Lipinski definition) is 0. The highest BCUT2D eigenvalue weighted by atomic mass is 32.1. The van der Waals surface area contributed by atoms with Gasteiger partial charge in [-0.15, -0.1) is 11.3 Å². The van der Waals surface area contributed by atoms with Crippen LogP contribution in [0.1, 0.15) is 30.2 Å². The molecule has 5 aromatic heterocycles. The van der Waals surface area contributed by atoms with E-state index in [1.807, 2.05) is 44.5 Å². The Morgan fingerprint density at radius 3 is 2.78 bits per heavy atom. The van der Waals surface area contributed by atoms with Gasteiger partial charge in [-0.05, 0) is 43.0 Å². The van der Waals surface area contributed by atoms with Gasteiger partial charge in [-0.1, -0.05) is 6.42 Å². The number of nitrogens with zero attached hydrogens (tertiary/aromatic N) is 6. The first-order chi connectivity index (χ1) is 15.6. The number of pyridine rings is 2. The van der Waals surface area contributed by atoms with Crippen LogP contribution in [-0.2, 0) is 18.8 Å². The minimum atomic E-state index is 0.138. The molecule has 1 saturated carbocycles.